The Kier molecular flexibility index (Phi) is 38.6. The predicted molar refractivity (Wildman–Crippen MR) is 238 cm³/mol. The Balaban J connectivity index is 4.23. The van der Waals surface area contributed by atoms with Gasteiger partial charge in [-0.1, -0.05) is 159 Å². The Morgan fingerprint density at radius 3 is 1.46 bits per heavy atom. The van der Waals surface area contributed by atoms with E-state index in [4.69, 9.17) is 14.2 Å². The maximum Gasteiger partial charge on any atom is 0.362 e. The minimum atomic E-state index is -0.875. The molecule has 57 heavy (non-hydrogen) atoms. The van der Waals surface area contributed by atoms with Crippen LogP contribution >= 0.6 is 0 Å². The Bertz CT molecular complexity index is 1030. The molecule has 0 radical (unpaired) electrons. The van der Waals surface area contributed by atoms with Crippen molar-refractivity contribution in [3.8, 4) is 0 Å². The number of carboxylic acid groups (broad SMARTS) is 1. The van der Waals surface area contributed by atoms with Crippen LogP contribution in [0.1, 0.15) is 206 Å². The number of likely N-dealkylation sites (N-methyl/N-ethyl adjacent to an activating group) is 1. The third-order valence-corrected chi connectivity index (χ3v) is 10.5. The molecule has 8 nitrogen and oxygen atoms in total. The van der Waals surface area contributed by atoms with Crippen molar-refractivity contribution >= 4 is 17.9 Å². The highest BCUT2D eigenvalue weighted by Crippen LogP contribution is 2.15. The zero-order valence-corrected chi connectivity index (χ0v) is 37.8. The van der Waals surface area contributed by atoms with Gasteiger partial charge in [0.15, 0.2) is 12.1 Å². The number of hydrogen-bond donors (Lipinski definition) is 1. The summed E-state index contributed by atoms with van der Waals surface area (Å²) in [7, 11) is 5.53. The number of aliphatic carboxylic acids is 1. The van der Waals surface area contributed by atoms with E-state index in [0.29, 0.717) is 19.3 Å². The third-order valence-electron chi connectivity index (χ3n) is 10.5. The number of quaternary nitrogens is 1. The number of rotatable bonds is 42. The molecule has 0 aliphatic heterocycles. The second-order valence-electron chi connectivity index (χ2n) is 17.0. The van der Waals surface area contributed by atoms with Crippen LogP contribution in [0.2, 0.25) is 0 Å². The minimum Gasteiger partial charge on any atom is -0.477 e. The zero-order chi connectivity index (χ0) is 42.1. The summed E-state index contributed by atoms with van der Waals surface area (Å²) in [4.78, 5) is 37.0. The molecule has 8 heteroatoms. The number of carbonyl (C=O) groups is 3. The molecule has 1 N–H and O–H groups in total. The Labute approximate surface area is 351 Å². The topological polar surface area (TPSA) is 99.1 Å². The fourth-order valence-electron chi connectivity index (χ4n) is 6.89. The first kappa shape index (κ1) is 54.6. The van der Waals surface area contributed by atoms with Gasteiger partial charge in [-0.15, -0.1) is 0 Å². The molecule has 0 aromatic rings. The van der Waals surface area contributed by atoms with Crippen molar-refractivity contribution in [2.24, 2.45) is 0 Å². The zero-order valence-electron chi connectivity index (χ0n) is 37.8. The maximum atomic E-state index is 12.8. The number of carboxylic acids is 1. The monoisotopic (exact) mass is 805 g/mol. The van der Waals surface area contributed by atoms with Crippen LogP contribution in [0.5, 0.6) is 0 Å². The van der Waals surface area contributed by atoms with Crippen molar-refractivity contribution in [3.05, 3.63) is 36.5 Å². The van der Waals surface area contributed by atoms with Crippen molar-refractivity contribution in [1.82, 2.24) is 0 Å². The van der Waals surface area contributed by atoms with Crippen molar-refractivity contribution < 1.29 is 38.2 Å². The molecule has 0 spiro atoms. The molecule has 0 aliphatic rings. The third kappa shape index (κ3) is 38.8. The van der Waals surface area contributed by atoms with Crippen molar-refractivity contribution in [1.29, 1.82) is 0 Å². The van der Waals surface area contributed by atoms with Gasteiger partial charge < -0.3 is 23.8 Å². The molecule has 332 valence electrons. The quantitative estimate of drug-likeness (QED) is 0.0284. The normalized spacial score (nSPS) is 13.2. The second-order valence-corrected chi connectivity index (χ2v) is 17.0. The summed E-state index contributed by atoms with van der Waals surface area (Å²) in [6.45, 7) is 4.62. The van der Waals surface area contributed by atoms with Gasteiger partial charge in [-0.3, -0.25) is 9.59 Å². The van der Waals surface area contributed by atoms with Crippen LogP contribution in [0.25, 0.3) is 0 Å². The number of esters is 2. The molecular weight excluding hydrogens is 715 g/mol. The molecule has 0 amide bonds. The fraction of sp³-hybridized carbons (Fsp3) is 0.816. The summed E-state index contributed by atoms with van der Waals surface area (Å²) >= 11 is 0. The summed E-state index contributed by atoms with van der Waals surface area (Å²) in [6.07, 6.45) is 46.2. The molecule has 0 fully saturated rings. The van der Waals surface area contributed by atoms with Crippen molar-refractivity contribution in [3.63, 3.8) is 0 Å². The molecular formula is C49H90NO7+. The van der Waals surface area contributed by atoms with E-state index in [1.807, 2.05) is 21.1 Å². The number of allylic oxidation sites excluding steroid dienone is 6. The highest BCUT2D eigenvalue weighted by atomic mass is 16.6. The Hall–Kier alpha value is -2.45. The van der Waals surface area contributed by atoms with Crippen LogP contribution < -0.4 is 0 Å². The lowest BCUT2D eigenvalue weighted by Gasteiger charge is -2.31. The average molecular weight is 805 g/mol. The van der Waals surface area contributed by atoms with Gasteiger partial charge in [-0.2, -0.15) is 0 Å². The molecule has 0 saturated carbocycles. The molecule has 0 heterocycles. The first-order valence-corrected chi connectivity index (χ1v) is 23.5. The van der Waals surface area contributed by atoms with E-state index in [0.717, 1.165) is 64.2 Å². The van der Waals surface area contributed by atoms with Crippen LogP contribution in [-0.4, -0.2) is 80.6 Å². The summed E-state index contributed by atoms with van der Waals surface area (Å²) in [5, 5.41) is 9.63. The highest BCUT2D eigenvalue weighted by Gasteiger charge is 2.31. The lowest BCUT2D eigenvalue weighted by Crippen LogP contribution is -2.50. The fourth-order valence-corrected chi connectivity index (χ4v) is 6.89. The number of hydrogen-bond acceptors (Lipinski definition) is 6. The van der Waals surface area contributed by atoms with Crippen LogP contribution in [0.4, 0.5) is 0 Å². The van der Waals surface area contributed by atoms with Gasteiger partial charge in [0.1, 0.15) is 6.61 Å². The summed E-state index contributed by atoms with van der Waals surface area (Å²) in [6, 6.07) is -0.614. The van der Waals surface area contributed by atoms with Crippen molar-refractivity contribution in [2.45, 2.75) is 219 Å². The van der Waals surface area contributed by atoms with Gasteiger partial charge in [-0.25, -0.2) is 4.79 Å². The standard InChI is InChI=1S/C49H89NO7/c1-6-8-10-12-14-16-18-20-21-22-23-24-25-26-27-28-30-32-34-36-38-40-48(52)57-45(43-55-42-41-46(49(53)54)50(3,4)5)44-56-47(51)39-37-35-33-31-29-19-17-15-13-11-9-7-2/h8,10,14-17,45-46H,6-7,9,11-13,18-44H2,1-5H3/p+1/b10-8+,16-14+,17-15+. The second kappa shape index (κ2) is 40.3. The lowest BCUT2D eigenvalue weighted by atomic mass is 10.0. The van der Waals surface area contributed by atoms with Crippen LogP contribution in [0, 0.1) is 0 Å². The molecule has 0 rings (SSSR count). The molecule has 2 unspecified atom stereocenters. The molecule has 0 aromatic carbocycles. The van der Waals surface area contributed by atoms with Gasteiger partial charge in [0.25, 0.3) is 0 Å². The molecule has 0 aliphatic carbocycles. The number of ether oxygens (including phenoxy) is 3. The first-order chi connectivity index (χ1) is 27.6. The predicted octanol–water partition coefficient (Wildman–Crippen LogP) is 13.0. The van der Waals surface area contributed by atoms with E-state index in [1.54, 1.807) is 0 Å². The largest absolute Gasteiger partial charge is 0.477 e. The number of unbranched alkanes of at least 4 members (excludes halogenated alkanes) is 22. The van der Waals surface area contributed by atoms with Gasteiger partial charge in [0, 0.05) is 19.3 Å². The van der Waals surface area contributed by atoms with E-state index >= 15 is 0 Å². The lowest BCUT2D eigenvalue weighted by molar-refractivity contribution is -0.887. The van der Waals surface area contributed by atoms with Gasteiger partial charge >= 0.3 is 17.9 Å². The molecule has 2 atom stereocenters. The Morgan fingerprint density at radius 1 is 0.544 bits per heavy atom. The number of nitrogens with zero attached hydrogens (tertiary/aromatic N) is 1. The van der Waals surface area contributed by atoms with Gasteiger partial charge in [0.05, 0.1) is 34.4 Å². The van der Waals surface area contributed by atoms with Crippen molar-refractivity contribution in [2.75, 3.05) is 41.0 Å². The summed E-state index contributed by atoms with van der Waals surface area (Å²) in [5.41, 5.74) is 0. The van der Waals surface area contributed by atoms with E-state index in [2.05, 4.69) is 50.3 Å². The first-order valence-electron chi connectivity index (χ1n) is 23.5. The smallest absolute Gasteiger partial charge is 0.362 e. The highest BCUT2D eigenvalue weighted by molar-refractivity contribution is 5.72. The average Bonchev–Trinajstić information content (AvgIpc) is 3.17. The Morgan fingerprint density at radius 2 is 0.982 bits per heavy atom. The number of carbonyl (C=O) groups excluding carboxylic acids is 2. The summed E-state index contributed by atoms with van der Waals surface area (Å²) in [5.74, 6) is -1.47. The van der Waals surface area contributed by atoms with Gasteiger partial charge in [-0.05, 0) is 64.2 Å². The van der Waals surface area contributed by atoms with E-state index in [9.17, 15) is 19.5 Å². The van der Waals surface area contributed by atoms with Crippen LogP contribution in [0.15, 0.2) is 36.5 Å². The van der Waals surface area contributed by atoms with E-state index in [-0.39, 0.29) is 36.2 Å². The summed E-state index contributed by atoms with van der Waals surface area (Å²) < 4.78 is 17.3. The van der Waals surface area contributed by atoms with E-state index < -0.39 is 18.1 Å². The molecule has 0 saturated heterocycles. The van der Waals surface area contributed by atoms with Gasteiger partial charge in [0.2, 0.25) is 0 Å². The molecule has 0 aromatic heterocycles. The maximum absolute atomic E-state index is 12.8. The molecule has 0 bridgehead atoms. The van der Waals surface area contributed by atoms with Crippen LogP contribution in [-0.2, 0) is 28.6 Å². The SMILES string of the molecule is CC/C=C/C/C=C/CCCCCCCCCCCCCCCCC(=O)OC(COCCC(C(=O)O)[N+](C)(C)C)COC(=O)CCCCCCC/C=C/CCCCC. The van der Waals surface area contributed by atoms with Crippen LogP contribution in [0.3, 0.4) is 0 Å². The minimum absolute atomic E-state index is 0.0533. The van der Waals surface area contributed by atoms with E-state index in [1.165, 1.54) is 109 Å².